The van der Waals surface area contributed by atoms with Gasteiger partial charge in [0.15, 0.2) is 5.58 Å². The highest BCUT2D eigenvalue weighted by atomic mass is 16.4. The summed E-state index contributed by atoms with van der Waals surface area (Å²) in [5.41, 5.74) is 10.0. The van der Waals surface area contributed by atoms with Crippen LogP contribution in [0.2, 0.25) is 0 Å². The van der Waals surface area contributed by atoms with Crippen molar-refractivity contribution in [3.05, 3.63) is 36.3 Å². The molecular formula is C25H28N8O2. The Labute approximate surface area is 202 Å². The van der Waals surface area contributed by atoms with Crippen molar-refractivity contribution in [2.24, 2.45) is 5.73 Å². The van der Waals surface area contributed by atoms with Gasteiger partial charge < -0.3 is 20.0 Å². The van der Waals surface area contributed by atoms with Crippen molar-refractivity contribution in [1.82, 2.24) is 25.1 Å². The fourth-order valence-electron chi connectivity index (χ4n) is 5.02. The van der Waals surface area contributed by atoms with Gasteiger partial charge in [-0.2, -0.15) is 10.1 Å². The molecule has 0 aliphatic carbocycles. The lowest BCUT2D eigenvalue weighted by Crippen LogP contribution is -2.31. The summed E-state index contributed by atoms with van der Waals surface area (Å²) in [5, 5.41) is 6.76. The van der Waals surface area contributed by atoms with Gasteiger partial charge in [0.25, 0.3) is 11.9 Å². The summed E-state index contributed by atoms with van der Waals surface area (Å²) in [6.07, 6.45) is 10.3. The summed E-state index contributed by atoms with van der Waals surface area (Å²) in [6, 6.07) is 6.30. The van der Waals surface area contributed by atoms with Crippen molar-refractivity contribution in [3.8, 4) is 22.4 Å². The molecule has 6 heterocycles. The van der Waals surface area contributed by atoms with Gasteiger partial charge >= 0.3 is 0 Å². The van der Waals surface area contributed by atoms with E-state index in [9.17, 15) is 4.79 Å². The zero-order valence-electron chi connectivity index (χ0n) is 19.5. The van der Waals surface area contributed by atoms with E-state index in [4.69, 9.17) is 20.1 Å². The molecule has 4 aromatic rings. The number of hydrogen-bond donors (Lipinski definition) is 2. The predicted molar refractivity (Wildman–Crippen MR) is 133 cm³/mol. The molecule has 180 valence electrons. The molecule has 10 nitrogen and oxygen atoms in total. The third-order valence-electron chi connectivity index (χ3n) is 6.85. The van der Waals surface area contributed by atoms with Gasteiger partial charge in [-0.25, -0.2) is 9.97 Å². The van der Waals surface area contributed by atoms with Crippen LogP contribution in [-0.4, -0.2) is 57.2 Å². The number of piperidine rings is 2. The van der Waals surface area contributed by atoms with Crippen molar-refractivity contribution in [2.75, 3.05) is 36.0 Å². The second kappa shape index (κ2) is 9.01. The van der Waals surface area contributed by atoms with Gasteiger partial charge in [0.2, 0.25) is 5.65 Å². The van der Waals surface area contributed by atoms with Crippen LogP contribution in [0.1, 0.15) is 49.0 Å². The molecule has 2 aliphatic rings. The number of carbonyl (C=O) groups excluding carboxylic acids is 1. The molecule has 0 atom stereocenters. The van der Waals surface area contributed by atoms with Crippen LogP contribution in [0, 0.1) is 0 Å². The second-order valence-electron chi connectivity index (χ2n) is 9.22. The molecule has 0 radical (unpaired) electrons. The summed E-state index contributed by atoms with van der Waals surface area (Å²) < 4.78 is 6.18. The Kier molecular flexibility index (Phi) is 5.55. The lowest BCUT2D eigenvalue weighted by Gasteiger charge is -2.29. The smallest absolute Gasteiger partial charge is 0.299 e. The number of amides is 1. The second-order valence-corrected chi connectivity index (χ2v) is 9.22. The number of carbonyl (C=O) groups is 1. The van der Waals surface area contributed by atoms with Gasteiger partial charge in [-0.05, 0) is 56.7 Å². The number of anilines is 2. The predicted octanol–water partition coefficient (Wildman–Crippen LogP) is 3.75. The minimum absolute atomic E-state index is 0.193. The fraction of sp³-hybridized carbons (Fsp3) is 0.400. The Morgan fingerprint density at radius 1 is 0.914 bits per heavy atom. The Morgan fingerprint density at radius 3 is 2.34 bits per heavy atom. The average molecular weight is 473 g/mol. The highest BCUT2D eigenvalue weighted by Crippen LogP contribution is 2.37. The van der Waals surface area contributed by atoms with E-state index in [-0.39, 0.29) is 5.69 Å². The number of hydrogen-bond acceptors (Lipinski definition) is 8. The molecule has 1 amide bonds. The minimum atomic E-state index is -0.596. The Hall–Kier alpha value is -3.95. The van der Waals surface area contributed by atoms with Crippen LogP contribution in [0.5, 0.6) is 0 Å². The molecule has 10 heteroatoms. The quantitative estimate of drug-likeness (QED) is 0.449. The van der Waals surface area contributed by atoms with E-state index < -0.39 is 5.91 Å². The van der Waals surface area contributed by atoms with Gasteiger partial charge in [-0.3, -0.25) is 9.89 Å². The normalized spacial score (nSPS) is 16.7. The number of fused-ring (bicyclic) bond motifs is 1. The monoisotopic (exact) mass is 472 g/mol. The van der Waals surface area contributed by atoms with Gasteiger partial charge in [0, 0.05) is 49.1 Å². The number of aromatic amines is 1. The molecule has 2 fully saturated rings. The number of oxazole rings is 1. The van der Waals surface area contributed by atoms with Crippen molar-refractivity contribution >= 4 is 29.0 Å². The number of rotatable bonds is 5. The third-order valence-corrected chi connectivity index (χ3v) is 6.85. The molecule has 4 aromatic heterocycles. The van der Waals surface area contributed by atoms with Gasteiger partial charge in [0.05, 0.1) is 11.9 Å². The third kappa shape index (κ3) is 4.09. The first kappa shape index (κ1) is 21.6. The Bertz CT molecular complexity index is 1350. The van der Waals surface area contributed by atoms with Crippen molar-refractivity contribution in [2.45, 2.75) is 38.5 Å². The largest absolute Gasteiger partial charge is 0.422 e. The van der Waals surface area contributed by atoms with Crippen LogP contribution < -0.4 is 15.5 Å². The van der Waals surface area contributed by atoms with Crippen LogP contribution in [0.15, 0.2) is 35.0 Å². The molecule has 0 spiro atoms. The highest BCUT2D eigenvalue weighted by molar-refractivity contribution is 6.01. The first-order valence-corrected chi connectivity index (χ1v) is 12.3. The van der Waals surface area contributed by atoms with E-state index in [1.807, 2.05) is 18.2 Å². The lowest BCUT2D eigenvalue weighted by atomic mass is 10.0. The van der Waals surface area contributed by atoms with Crippen LogP contribution in [0.3, 0.4) is 0 Å². The number of nitrogens with one attached hydrogen (secondary N) is 1. The first-order chi connectivity index (χ1) is 17.2. The van der Waals surface area contributed by atoms with Crippen LogP contribution >= 0.6 is 0 Å². The van der Waals surface area contributed by atoms with E-state index >= 15 is 0 Å². The number of H-pyrrole nitrogens is 1. The van der Waals surface area contributed by atoms with E-state index in [0.717, 1.165) is 68.8 Å². The summed E-state index contributed by atoms with van der Waals surface area (Å²) in [6.45, 7) is 3.66. The van der Waals surface area contributed by atoms with Crippen molar-refractivity contribution < 1.29 is 9.21 Å². The highest BCUT2D eigenvalue weighted by Gasteiger charge is 2.25. The summed E-state index contributed by atoms with van der Waals surface area (Å²) >= 11 is 0. The van der Waals surface area contributed by atoms with Crippen LogP contribution in [0.4, 0.5) is 11.8 Å². The standard InChI is InChI=1S/C25H28N8O2/c26-22(34)21-17(7-8-19(29-21)16-14-27-28-15-16)18-13-20-23(30-24(18)32-9-3-1-4-10-32)31-25(35-20)33-11-5-2-6-12-33/h7-8,13-15H,1-6,9-12H2,(H2,26,34)(H,27,28). The van der Waals surface area contributed by atoms with Crippen LogP contribution in [-0.2, 0) is 0 Å². The summed E-state index contributed by atoms with van der Waals surface area (Å²) in [5.74, 6) is 0.192. The van der Waals surface area contributed by atoms with Crippen molar-refractivity contribution in [3.63, 3.8) is 0 Å². The number of aromatic nitrogens is 5. The molecule has 0 aromatic carbocycles. The molecule has 0 saturated carbocycles. The molecule has 2 saturated heterocycles. The van der Waals surface area contributed by atoms with E-state index in [1.54, 1.807) is 12.4 Å². The Morgan fingerprint density at radius 2 is 1.66 bits per heavy atom. The maximum atomic E-state index is 12.5. The Balaban J connectivity index is 1.50. The average Bonchev–Trinajstić information content (AvgIpc) is 3.59. The minimum Gasteiger partial charge on any atom is -0.422 e. The van der Waals surface area contributed by atoms with E-state index in [0.29, 0.717) is 28.5 Å². The topological polar surface area (TPSA) is 130 Å². The summed E-state index contributed by atoms with van der Waals surface area (Å²) in [4.78, 5) is 31.3. The lowest BCUT2D eigenvalue weighted by molar-refractivity contribution is 0.0996. The number of nitrogens with two attached hydrogens (primary N) is 1. The number of nitrogens with zero attached hydrogens (tertiary/aromatic N) is 6. The zero-order valence-corrected chi connectivity index (χ0v) is 19.5. The molecule has 35 heavy (non-hydrogen) atoms. The van der Waals surface area contributed by atoms with Gasteiger partial charge in [-0.1, -0.05) is 0 Å². The molecular weight excluding hydrogens is 444 g/mol. The number of primary amides is 1. The maximum absolute atomic E-state index is 12.5. The maximum Gasteiger partial charge on any atom is 0.299 e. The SMILES string of the molecule is NC(=O)c1nc(-c2cn[nH]c2)ccc1-c1cc2oc(N3CCCCC3)nc2nc1N1CCCCC1. The fourth-order valence-corrected chi connectivity index (χ4v) is 5.02. The zero-order chi connectivity index (χ0) is 23.8. The molecule has 3 N–H and O–H groups in total. The molecule has 0 bridgehead atoms. The van der Waals surface area contributed by atoms with Gasteiger partial charge in [0.1, 0.15) is 11.5 Å². The number of pyridine rings is 2. The molecule has 2 aliphatic heterocycles. The summed E-state index contributed by atoms with van der Waals surface area (Å²) in [7, 11) is 0. The van der Waals surface area contributed by atoms with Crippen LogP contribution in [0.25, 0.3) is 33.6 Å². The van der Waals surface area contributed by atoms with E-state index in [2.05, 4.69) is 25.0 Å². The molecule has 6 rings (SSSR count). The van der Waals surface area contributed by atoms with Gasteiger partial charge in [-0.15, -0.1) is 0 Å². The van der Waals surface area contributed by atoms with Crippen molar-refractivity contribution in [1.29, 1.82) is 0 Å². The molecule has 0 unspecified atom stereocenters. The first-order valence-electron chi connectivity index (χ1n) is 12.3. The van der Waals surface area contributed by atoms with E-state index in [1.165, 1.54) is 12.8 Å².